The van der Waals surface area contributed by atoms with Gasteiger partial charge in [-0.25, -0.2) is 14.2 Å². The van der Waals surface area contributed by atoms with E-state index in [-0.39, 0.29) is 29.3 Å². The van der Waals surface area contributed by atoms with Gasteiger partial charge < -0.3 is 9.22 Å². The van der Waals surface area contributed by atoms with E-state index in [4.69, 9.17) is 4.74 Å². The number of nitrogens with zero attached hydrogens (tertiary/aromatic N) is 2. The molecule has 3 aliphatic rings. The SMILES string of the molecule is O=C(O[C@H]1C[N+]2(CC(=O)c3ccccc3)CCC1CC2)C(=Nc1ccc(F)cc1)c1ccccc1. The van der Waals surface area contributed by atoms with Crippen LogP contribution in [0, 0.1) is 11.7 Å². The van der Waals surface area contributed by atoms with Crippen molar-refractivity contribution in [3.8, 4) is 0 Å². The van der Waals surface area contributed by atoms with Gasteiger partial charge in [-0.15, -0.1) is 0 Å². The van der Waals surface area contributed by atoms with Crippen molar-refractivity contribution in [2.75, 3.05) is 26.2 Å². The third kappa shape index (κ3) is 5.23. The molecule has 6 rings (SSSR count). The summed E-state index contributed by atoms with van der Waals surface area (Å²) in [5.41, 5.74) is 2.04. The summed E-state index contributed by atoms with van der Waals surface area (Å²) >= 11 is 0. The predicted molar refractivity (Wildman–Crippen MR) is 132 cm³/mol. The first kappa shape index (κ1) is 23.1. The van der Waals surface area contributed by atoms with Crippen molar-refractivity contribution in [2.24, 2.45) is 10.9 Å². The highest BCUT2D eigenvalue weighted by atomic mass is 19.1. The van der Waals surface area contributed by atoms with Crippen LogP contribution in [0.2, 0.25) is 0 Å². The molecule has 0 aromatic heterocycles. The Balaban J connectivity index is 1.35. The number of rotatable bonds is 7. The second-order valence-corrected chi connectivity index (χ2v) is 9.50. The van der Waals surface area contributed by atoms with Gasteiger partial charge in [0.2, 0.25) is 5.78 Å². The lowest BCUT2D eigenvalue weighted by molar-refractivity contribution is -0.938. The Hall–Kier alpha value is -3.64. The lowest BCUT2D eigenvalue weighted by atomic mass is 9.82. The van der Waals surface area contributed by atoms with Gasteiger partial charge in [0.15, 0.2) is 11.8 Å². The average Bonchev–Trinajstić information content (AvgIpc) is 2.89. The zero-order valence-electron chi connectivity index (χ0n) is 19.5. The monoisotopic (exact) mass is 471 g/mol. The predicted octanol–water partition coefficient (Wildman–Crippen LogP) is 4.98. The third-order valence-corrected chi connectivity index (χ3v) is 7.18. The molecule has 35 heavy (non-hydrogen) atoms. The molecule has 3 saturated heterocycles. The first-order valence-corrected chi connectivity index (χ1v) is 12.1. The molecule has 3 fully saturated rings. The van der Waals surface area contributed by atoms with Crippen LogP contribution in [0.1, 0.15) is 28.8 Å². The summed E-state index contributed by atoms with van der Waals surface area (Å²) in [5.74, 6) is -0.446. The number of piperidine rings is 3. The van der Waals surface area contributed by atoms with Gasteiger partial charge in [-0.2, -0.15) is 0 Å². The maximum Gasteiger partial charge on any atom is 0.358 e. The van der Waals surface area contributed by atoms with Crippen LogP contribution in [-0.2, 0) is 9.53 Å². The van der Waals surface area contributed by atoms with Gasteiger partial charge in [0.25, 0.3) is 0 Å². The summed E-state index contributed by atoms with van der Waals surface area (Å²) in [6.45, 7) is 2.90. The average molecular weight is 472 g/mol. The largest absolute Gasteiger partial charge is 0.451 e. The first-order valence-electron chi connectivity index (χ1n) is 12.1. The van der Waals surface area contributed by atoms with Crippen LogP contribution >= 0.6 is 0 Å². The molecule has 3 heterocycles. The molecule has 0 N–H and O–H groups in total. The minimum absolute atomic E-state index is 0.124. The van der Waals surface area contributed by atoms with Gasteiger partial charge in [-0.05, 0) is 24.3 Å². The zero-order valence-corrected chi connectivity index (χ0v) is 19.5. The van der Waals surface area contributed by atoms with E-state index in [2.05, 4.69) is 4.99 Å². The lowest BCUT2D eigenvalue weighted by Crippen LogP contribution is -2.65. The standard InChI is InChI=1S/C29H28FN2O3/c30-24-11-13-25(14-12-24)31-28(23-9-5-2-6-10-23)29(34)35-27-20-32(17-15-22(27)16-18-32)19-26(33)21-7-3-1-4-8-21/h1-14,22,27H,15-20H2/q+1/t22?,27-,32?/m0/s1. The fourth-order valence-electron chi connectivity index (χ4n) is 5.26. The van der Waals surface area contributed by atoms with Crippen molar-refractivity contribution < 1.29 is 23.2 Å². The van der Waals surface area contributed by atoms with Crippen LogP contribution in [0.5, 0.6) is 0 Å². The van der Waals surface area contributed by atoms with E-state index in [1.807, 2.05) is 60.7 Å². The molecule has 3 aromatic rings. The summed E-state index contributed by atoms with van der Waals surface area (Å²) in [6, 6.07) is 24.3. The first-order chi connectivity index (χ1) is 17.0. The maximum absolute atomic E-state index is 13.4. The van der Waals surface area contributed by atoms with Crippen LogP contribution in [0.4, 0.5) is 10.1 Å². The molecule has 0 aliphatic carbocycles. The maximum atomic E-state index is 13.4. The van der Waals surface area contributed by atoms with E-state index >= 15 is 0 Å². The van der Waals surface area contributed by atoms with Gasteiger partial charge in [-0.3, -0.25) is 4.79 Å². The molecule has 6 heteroatoms. The number of ketones is 1. The van der Waals surface area contributed by atoms with Crippen LogP contribution in [-0.4, -0.2) is 54.2 Å². The number of halogens is 1. The minimum Gasteiger partial charge on any atom is -0.451 e. The molecule has 1 atom stereocenters. The minimum atomic E-state index is -0.494. The van der Waals surface area contributed by atoms with Gasteiger partial charge >= 0.3 is 5.97 Å². The van der Waals surface area contributed by atoms with Crippen molar-refractivity contribution in [3.63, 3.8) is 0 Å². The third-order valence-electron chi connectivity index (χ3n) is 7.18. The molecule has 0 unspecified atom stereocenters. The Morgan fingerprint density at radius 3 is 2.09 bits per heavy atom. The summed E-state index contributed by atoms with van der Waals surface area (Å²) in [5, 5.41) is 0. The van der Waals surface area contributed by atoms with E-state index in [0.29, 0.717) is 28.8 Å². The van der Waals surface area contributed by atoms with Crippen LogP contribution in [0.3, 0.4) is 0 Å². The highest BCUT2D eigenvalue weighted by molar-refractivity contribution is 6.43. The number of Topliss-reactive ketones (excluding diaryl/α,β-unsaturated/α-hetero) is 1. The van der Waals surface area contributed by atoms with Gasteiger partial charge in [0, 0.05) is 29.9 Å². The molecular formula is C29H28FN2O3+. The van der Waals surface area contributed by atoms with Crippen LogP contribution in [0.25, 0.3) is 0 Å². The number of hydrogen-bond donors (Lipinski definition) is 0. The topological polar surface area (TPSA) is 55.7 Å². The Kier molecular flexibility index (Phi) is 6.55. The molecule has 3 aromatic carbocycles. The van der Waals surface area contributed by atoms with E-state index < -0.39 is 5.97 Å². The molecular weight excluding hydrogens is 443 g/mol. The van der Waals surface area contributed by atoms with Gasteiger partial charge in [-0.1, -0.05) is 60.7 Å². The molecule has 5 nitrogen and oxygen atoms in total. The molecule has 0 saturated carbocycles. The number of carbonyl (C=O) groups is 2. The number of carbonyl (C=O) groups excluding carboxylic acids is 2. The summed E-state index contributed by atoms with van der Waals surface area (Å²) in [7, 11) is 0. The van der Waals surface area contributed by atoms with Gasteiger partial charge in [0.1, 0.15) is 18.9 Å². The number of hydrogen-bond acceptors (Lipinski definition) is 4. The van der Waals surface area contributed by atoms with Crippen molar-refractivity contribution >= 4 is 23.2 Å². The summed E-state index contributed by atoms with van der Waals surface area (Å²) < 4.78 is 20.1. The fourth-order valence-corrected chi connectivity index (χ4v) is 5.26. The van der Waals surface area contributed by atoms with E-state index in [1.54, 1.807) is 0 Å². The summed E-state index contributed by atoms with van der Waals surface area (Å²) in [4.78, 5) is 30.9. The zero-order chi connectivity index (χ0) is 24.3. The Morgan fingerprint density at radius 1 is 0.857 bits per heavy atom. The smallest absolute Gasteiger partial charge is 0.358 e. The lowest BCUT2D eigenvalue weighted by Gasteiger charge is -2.51. The van der Waals surface area contributed by atoms with E-state index in [1.165, 1.54) is 24.3 Å². The fraction of sp³-hybridized carbons (Fsp3) is 0.276. The van der Waals surface area contributed by atoms with Crippen molar-refractivity contribution in [1.29, 1.82) is 0 Å². The Morgan fingerprint density at radius 2 is 1.46 bits per heavy atom. The second-order valence-electron chi connectivity index (χ2n) is 9.50. The highest BCUT2D eigenvalue weighted by Gasteiger charge is 2.48. The number of quaternary nitrogens is 1. The Bertz CT molecular complexity index is 1220. The number of fused-ring (bicyclic) bond motifs is 3. The number of esters is 1. The molecule has 2 bridgehead atoms. The van der Waals surface area contributed by atoms with Crippen LogP contribution in [0.15, 0.2) is 89.9 Å². The Labute approximate surface area is 204 Å². The normalized spacial score (nSPS) is 23.6. The van der Waals surface area contributed by atoms with Crippen LogP contribution < -0.4 is 0 Å². The van der Waals surface area contributed by atoms with Crippen molar-refractivity contribution in [2.45, 2.75) is 18.9 Å². The van der Waals surface area contributed by atoms with Gasteiger partial charge in [0.05, 0.1) is 18.8 Å². The second kappa shape index (κ2) is 9.92. The molecule has 0 radical (unpaired) electrons. The molecule has 3 aliphatic heterocycles. The summed E-state index contributed by atoms with van der Waals surface area (Å²) in [6.07, 6.45) is 1.58. The van der Waals surface area contributed by atoms with E-state index in [9.17, 15) is 14.0 Å². The molecule has 178 valence electrons. The molecule has 0 spiro atoms. The molecule has 0 amide bonds. The van der Waals surface area contributed by atoms with E-state index in [0.717, 1.165) is 31.5 Å². The number of benzene rings is 3. The number of aliphatic imine (C=N–C) groups is 1. The number of ether oxygens (including phenoxy) is 1. The quantitative estimate of drug-likeness (QED) is 0.211. The van der Waals surface area contributed by atoms with Crippen molar-refractivity contribution in [1.82, 2.24) is 0 Å². The highest BCUT2D eigenvalue weighted by Crippen LogP contribution is 2.36. The van der Waals surface area contributed by atoms with Crippen molar-refractivity contribution in [3.05, 3.63) is 102 Å².